The van der Waals surface area contributed by atoms with E-state index in [2.05, 4.69) is 5.32 Å². The van der Waals surface area contributed by atoms with Gasteiger partial charge in [0.15, 0.2) is 23.9 Å². The van der Waals surface area contributed by atoms with Gasteiger partial charge in [-0.05, 0) is 29.8 Å². The highest BCUT2D eigenvalue weighted by molar-refractivity contribution is 6.02. The lowest BCUT2D eigenvalue weighted by molar-refractivity contribution is -0.129. The third kappa shape index (κ3) is 6.07. The third-order valence-corrected chi connectivity index (χ3v) is 4.40. The van der Waals surface area contributed by atoms with Crippen molar-refractivity contribution in [1.82, 2.24) is 0 Å². The third-order valence-electron chi connectivity index (χ3n) is 4.40. The number of carbonyl (C=O) groups is 3. The topological polar surface area (TPSA) is 90.9 Å². The average Bonchev–Trinajstić information content (AvgIpc) is 2.71. The first-order valence-electron chi connectivity index (χ1n) is 9.46. The number of hydrogen-bond donors (Lipinski definition) is 1. The summed E-state index contributed by atoms with van der Waals surface area (Å²) in [6.07, 6.45) is 0.0756. The van der Waals surface area contributed by atoms with E-state index in [0.717, 1.165) is 5.56 Å². The van der Waals surface area contributed by atoms with Crippen LogP contribution in [0.1, 0.15) is 36.7 Å². The molecule has 0 aromatic heterocycles. The van der Waals surface area contributed by atoms with Crippen LogP contribution in [0, 0.1) is 5.41 Å². The highest BCUT2D eigenvalue weighted by Gasteiger charge is 2.23. The fourth-order valence-electron chi connectivity index (χ4n) is 2.57. The van der Waals surface area contributed by atoms with Crippen molar-refractivity contribution in [2.45, 2.75) is 27.2 Å². The maximum Gasteiger partial charge on any atom is 0.340 e. The molecule has 0 saturated heterocycles. The fraction of sp³-hybridized carbons (Fsp3) is 0.348. The molecule has 0 radical (unpaired) electrons. The van der Waals surface area contributed by atoms with Crippen LogP contribution >= 0.6 is 0 Å². The molecule has 0 aliphatic rings. The molecule has 0 fully saturated rings. The van der Waals surface area contributed by atoms with Crippen molar-refractivity contribution in [2.24, 2.45) is 5.41 Å². The number of carbonyl (C=O) groups excluding carboxylic acids is 3. The first-order valence-corrected chi connectivity index (χ1v) is 9.46. The zero-order valence-electron chi connectivity index (χ0n) is 17.9. The van der Waals surface area contributed by atoms with Crippen molar-refractivity contribution in [3.05, 3.63) is 53.6 Å². The van der Waals surface area contributed by atoms with Gasteiger partial charge in [0.25, 0.3) is 0 Å². The zero-order chi connectivity index (χ0) is 22.3. The van der Waals surface area contributed by atoms with E-state index in [1.165, 1.54) is 20.3 Å². The number of ketones is 1. The molecule has 0 atom stereocenters. The molecule has 0 saturated carbocycles. The molecule has 2 rings (SSSR count). The minimum absolute atomic E-state index is 0.0756. The van der Waals surface area contributed by atoms with Crippen molar-refractivity contribution >= 4 is 23.3 Å². The molecule has 0 aliphatic carbocycles. The number of hydrogen-bond acceptors (Lipinski definition) is 6. The monoisotopic (exact) mass is 413 g/mol. The van der Waals surface area contributed by atoms with Gasteiger partial charge in [-0.3, -0.25) is 9.59 Å². The second-order valence-electron chi connectivity index (χ2n) is 7.71. The number of amides is 1. The van der Waals surface area contributed by atoms with Gasteiger partial charge in [-0.15, -0.1) is 0 Å². The standard InChI is InChI=1S/C23H27NO6/c1-23(2,3)20(25)14-30-22(27)16-8-6-7-9-17(16)24-21(26)13-15-10-11-18(28-4)19(12-15)29-5/h6-12H,13-14H2,1-5H3,(H,24,26). The van der Waals surface area contributed by atoms with Crippen molar-refractivity contribution < 1.29 is 28.6 Å². The van der Waals surface area contributed by atoms with Crippen LogP contribution in [0.25, 0.3) is 0 Å². The van der Waals surface area contributed by atoms with Crippen molar-refractivity contribution in [2.75, 3.05) is 26.1 Å². The molecule has 1 amide bonds. The molecule has 0 spiro atoms. The Hall–Kier alpha value is -3.35. The molecular formula is C23H27NO6. The lowest BCUT2D eigenvalue weighted by Gasteiger charge is -2.17. The van der Waals surface area contributed by atoms with E-state index in [1.54, 1.807) is 57.2 Å². The molecule has 160 valence electrons. The van der Waals surface area contributed by atoms with E-state index in [1.807, 2.05) is 0 Å². The summed E-state index contributed by atoms with van der Waals surface area (Å²) in [5, 5.41) is 2.73. The highest BCUT2D eigenvalue weighted by atomic mass is 16.5. The Labute approximate surface area is 176 Å². The molecule has 7 heteroatoms. The zero-order valence-corrected chi connectivity index (χ0v) is 17.9. The summed E-state index contributed by atoms with van der Waals surface area (Å²) < 4.78 is 15.6. The van der Waals surface area contributed by atoms with Gasteiger partial charge in [0.05, 0.1) is 31.9 Å². The van der Waals surface area contributed by atoms with Crippen LogP contribution in [0.5, 0.6) is 11.5 Å². The van der Waals surface area contributed by atoms with Crippen LogP contribution in [0.3, 0.4) is 0 Å². The number of rotatable bonds is 8. The molecule has 2 aromatic rings. The number of para-hydroxylation sites is 1. The minimum Gasteiger partial charge on any atom is -0.493 e. The van der Waals surface area contributed by atoms with E-state index in [4.69, 9.17) is 14.2 Å². The van der Waals surface area contributed by atoms with Gasteiger partial charge in [0.1, 0.15) is 0 Å². The lowest BCUT2D eigenvalue weighted by Crippen LogP contribution is -2.26. The van der Waals surface area contributed by atoms with Crippen LogP contribution in [0.2, 0.25) is 0 Å². The Bertz CT molecular complexity index is 930. The van der Waals surface area contributed by atoms with Crippen LogP contribution in [-0.2, 0) is 20.7 Å². The Morgan fingerprint density at radius 2 is 1.60 bits per heavy atom. The number of ether oxygens (including phenoxy) is 3. The molecule has 0 aliphatic heterocycles. The first-order chi connectivity index (χ1) is 14.2. The second kappa shape index (κ2) is 9.91. The van der Waals surface area contributed by atoms with E-state index < -0.39 is 11.4 Å². The van der Waals surface area contributed by atoms with E-state index >= 15 is 0 Å². The van der Waals surface area contributed by atoms with Gasteiger partial charge >= 0.3 is 5.97 Å². The normalized spacial score (nSPS) is 10.8. The van der Waals surface area contributed by atoms with Crippen LogP contribution in [0.15, 0.2) is 42.5 Å². The van der Waals surface area contributed by atoms with Crippen molar-refractivity contribution in [1.29, 1.82) is 0 Å². The Kier molecular flexibility index (Phi) is 7.58. The molecule has 0 unspecified atom stereocenters. The number of nitrogens with one attached hydrogen (secondary N) is 1. The summed E-state index contributed by atoms with van der Waals surface area (Å²) in [6.45, 7) is 4.94. The Morgan fingerprint density at radius 3 is 2.23 bits per heavy atom. The van der Waals surface area contributed by atoms with Crippen LogP contribution in [-0.4, -0.2) is 38.5 Å². The molecule has 0 heterocycles. The van der Waals surface area contributed by atoms with Crippen molar-refractivity contribution in [3.63, 3.8) is 0 Å². The summed E-state index contributed by atoms with van der Waals surface area (Å²) in [7, 11) is 3.06. The van der Waals surface area contributed by atoms with E-state index in [9.17, 15) is 14.4 Å². The largest absolute Gasteiger partial charge is 0.493 e. The quantitative estimate of drug-likeness (QED) is 0.664. The van der Waals surface area contributed by atoms with Gasteiger partial charge in [-0.2, -0.15) is 0 Å². The number of methoxy groups -OCH3 is 2. The van der Waals surface area contributed by atoms with Gasteiger partial charge in [0, 0.05) is 5.41 Å². The lowest BCUT2D eigenvalue weighted by atomic mass is 9.91. The fourth-order valence-corrected chi connectivity index (χ4v) is 2.57. The number of esters is 1. The second-order valence-corrected chi connectivity index (χ2v) is 7.71. The summed E-state index contributed by atoms with van der Waals surface area (Å²) in [4.78, 5) is 37.0. The molecular weight excluding hydrogens is 386 g/mol. The van der Waals surface area contributed by atoms with Gasteiger partial charge in [-0.25, -0.2) is 4.79 Å². The molecule has 1 N–H and O–H groups in total. The van der Waals surface area contributed by atoms with Gasteiger partial charge in [-0.1, -0.05) is 39.0 Å². The number of anilines is 1. The molecule has 7 nitrogen and oxygen atoms in total. The van der Waals surface area contributed by atoms with E-state index in [0.29, 0.717) is 17.2 Å². The van der Waals surface area contributed by atoms with Crippen LogP contribution < -0.4 is 14.8 Å². The summed E-state index contributed by atoms with van der Waals surface area (Å²) in [5.41, 5.74) is 0.616. The molecule has 2 aromatic carbocycles. The average molecular weight is 413 g/mol. The molecule has 30 heavy (non-hydrogen) atoms. The number of benzene rings is 2. The van der Waals surface area contributed by atoms with E-state index in [-0.39, 0.29) is 30.3 Å². The smallest absolute Gasteiger partial charge is 0.340 e. The van der Waals surface area contributed by atoms with Crippen molar-refractivity contribution in [3.8, 4) is 11.5 Å². The van der Waals surface area contributed by atoms with Crippen LogP contribution in [0.4, 0.5) is 5.69 Å². The highest BCUT2D eigenvalue weighted by Crippen LogP contribution is 2.28. The Balaban J connectivity index is 2.08. The molecule has 0 bridgehead atoms. The predicted molar refractivity (Wildman–Crippen MR) is 113 cm³/mol. The van der Waals surface area contributed by atoms with Gasteiger partial charge < -0.3 is 19.5 Å². The number of Topliss-reactive ketones (excluding diaryl/α,β-unsaturated/α-hetero) is 1. The predicted octanol–water partition coefficient (Wildman–Crippen LogP) is 3.66. The maximum absolute atomic E-state index is 12.5. The first kappa shape index (κ1) is 22.9. The summed E-state index contributed by atoms with van der Waals surface area (Å²) in [6, 6.07) is 11.7. The SMILES string of the molecule is COc1ccc(CC(=O)Nc2ccccc2C(=O)OCC(=O)C(C)(C)C)cc1OC. The maximum atomic E-state index is 12.5. The summed E-state index contributed by atoms with van der Waals surface area (Å²) in [5.74, 6) is -0.0801. The van der Waals surface area contributed by atoms with Gasteiger partial charge in [0.2, 0.25) is 5.91 Å². The minimum atomic E-state index is -0.672. The Morgan fingerprint density at radius 1 is 0.933 bits per heavy atom. The summed E-state index contributed by atoms with van der Waals surface area (Å²) >= 11 is 0.